The van der Waals surface area contributed by atoms with Gasteiger partial charge in [0.1, 0.15) is 11.8 Å². The highest BCUT2D eigenvalue weighted by Gasteiger charge is 2.33. The van der Waals surface area contributed by atoms with Gasteiger partial charge in [-0.1, -0.05) is 55.4 Å². The van der Waals surface area contributed by atoms with E-state index < -0.39 is 23.5 Å². The normalized spacial score (nSPS) is 13.4. The van der Waals surface area contributed by atoms with Crippen LogP contribution in [0.15, 0.2) is 0 Å². The van der Waals surface area contributed by atoms with E-state index in [0.717, 1.165) is 0 Å². The second kappa shape index (κ2) is 18.1. The summed E-state index contributed by atoms with van der Waals surface area (Å²) in [6.07, 6.45) is 1.23. The van der Waals surface area contributed by atoms with E-state index in [1.165, 1.54) is 0 Å². The minimum atomic E-state index is -0.709. The Kier molecular flexibility index (Phi) is 17.0. The fraction of sp³-hybridized carbons (Fsp3) is 0.815. The number of urea groups is 1. The second-order valence-electron chi connectivity index (χ2n) is 11.9. The standard InChI is InChI=1S/C27H51N5O6S/c1-18(2)21(23(35)31-19(22(34)27(6,7)8)10-9-12-29-24(28)36)32-25(39)30-13-15-38-17-16-37-14-11-20(33)26(3,4)5/h18-19,21H,9-17H2,1-8H3,(H,31,35)(H3,28,29,36)(H2,30,32,39)/t19-,21-/m0/s1. The summed E-state index contributed by atoms with van der Waals surface area (Å²) in [5.74, 6) is -0.376. The van der Waals surface area contributed by atoms with Crippen LogP contribution < -0.4 is 27.0 Å². The molecule has 0 spiro atoms. The molecule has 3 amide bonds. The van der Waals surface area contributed by atoms with Crippen molar-refractivity contribution in [1.29, 1.82) is 0 Å². The first-order valence-corrected chi connectivity index (χ1v) is 14.0. The summed E-state index contributed by atoms with van der Waals surface area (Å²) in [7, 11) is 0. The summed E-state index contributed by atoms with van der Waals surface area (Å²) < 4.78 is 11.0. The monoisotopic (exact) mass is 573 g/mol. The first-order valence-electron chi connectivity index (χ1n) is 13.6. The SMILES string of the molecule is CC(C)[C@H](NC(=S)NCCOCCOCCC(=O)C(C)(C)C)C(=O)N[C@@H](CCCNC(N)=O)C(=O)C(C)(C)C. The summed E-state index contributed by atoms with van der Waals surface area (Å²) >= 11 is 5.36. The number of ether oxygens (including phenoxy) is 2. The van der Waals surface area contributed by atoms with Gasteiger partial charge in [-0.15, -0.1) is 0 Å². The molecule has 6 N–H and O–H groups in total. The zero-order chi connectivity index (χ0) is 30.2. The summed E-state index contributed by atoms with van der Waals surface area (Å²) in [5.41, 5.74) is 4.09. The van der Waals surface area contributed by atoms with Gasteiger partial charge in [0.25, 0.3) is 0 Å². The van der Waals surface area contributed by atoms with Crippen molar-refractivity contribution >= 4 is 40.8 Å². The van der Waals surface area contributed by atoms with Crippen molar-refractivity contribution in [2.24, 2.45) is 22.5 Å². The minimum absolute atomic E-state index is 0.0972. The van der Waals surface area contributed by atoms with Gasteiger partial charge in [0.05, 0.1) is 32.5 Å². The van der Waals surface area contributed by atoms with Crippen LogP contribution in [0.25, 0.3) is 0 Å². The molecule has 0 saturated carbocycles. The largest absolute Gasteiger partial charge is 0.379 e. The molecule has 0 radical (unpaired) electrons. The molecule has 0 rings (SSSR count). The number of nitrogens with two attached hydrogens (primary N) is 1. The molecule has 0 aliphatic rings. The molecule has 12 heteroatoms. The van der Waals surface area contributed by atoms with E-state index in [-0.39, 0.29) is 28.8 Å². The lowest BCUT2D eigenvalue weighted by molar-refractivity contribution is -0.133. The molecule has 0 aromatic carbocycles. The third-order valence-electron chi connectivity index (χ3n) is 5.79. The lowest BCUT2D eigenvalue weighted by Crippen LogP contribution is -2.56. The Balaban J connectivity index is 4.59. The maximum atomic E-state index is 13.1. The van der Waals surface area contributed by atoms with Gasteiger partial charge in [0.15, 0.2) is 10.9 Å². The lowest BCUT2D eigenvalue weighted by Gasteiger charge is -2.29. The highest BCUT2D eigenvalue weighted by molar-refractivity contribution is 7.80. The van der Waals surface area contributed by atoms with Crippen molar-refractivity contribution in [1.82, 2.24) is 21.3 Å². The van der Waals surface area contributed by atoms with E-state index in [2.05, 4.69) is 21.3 Å². The van der Waals surface area contributed by atoms with Crippen molar-refractivity contribution < 1.29 is 28.7 Å². The molecule has 0 aromatic rings. The fourth-order valence-corrected chi connectivity index (χ4v) is 3.63. The summed E-state index contributed by atoms with van der Waals surface area (Å²) in [5, 5.41) is 11.7. The Hall–Kier alpha value is -2.31. The number of hydrogen-bond donors (Lipinski definition) is 5. The van der Waals surface area contributed by atoms with Crippen LogP contribution in [0, 0.1) is 16.7 Å². The molecule has 0 aromatic heterocycles. The Morgan fingerprint density at radius 2 is 1.41 bits per heavy atom. The molecule has 2 atom stereocenters. The molecule has 0 aliphatic heterocycles. The fourth-order valence-electron chi connectivity index (χ4n) is 3.40. The molecule has 226 valence electrons. The van der Waals surface area contributed by atoms with Crippen LogP contribution in [0.5, 0.6) is 0 Å². The quantitative estimate of drug-likeness (QED) is 0.122. The van der Waals surface area contributed by atoms with Crippen LogP contribution in [-0.2, 0) is 23.9 Å². The van der Waals surface area contributed by atoms with E-state index in [1.807, 2.05) is 34.6 Å². The highest BCUT2D eigenvalue weighted by atomic mass is 32.1. The van der Waals surface area contributed by atoms with E-state index in [9.17, 15) is 19.2 Å². The molecule has 0 heterocycles. The van der Waals surface area contributed by atoms with Gasteiger partial charge < -0.3 is 36.5 Å². The van der Waals surface area contributed by atoms with Crippen LogP contribution in [0.1, 0.15) is 74.7 Å². The molecular formula is C27H51N5O6S. The van der Waals surface area contributed by atoms with Crippen molar-refractivity contribution in [3.05, 3.63) is 0 Å². The third-order valence-corrected chi connectivity index (χ3v) is 6.05. The Morgan fingerprint density at radius 3 is 1.92 bits per heavy atom. The number of primary amides is 1. The van der Waals surface area contributed by atoms with E-state index in [1.54, 1.807) is 20.8 Å². The Labute approximate surface area is 239 Å². The van der Waals surface area contributed by atoms with Gasteiger partial charge in [-0.3, -0.25) is 14.4 Å². The first-order chi connectivity index (χ1) is 18.0. The van der Waals surface area contributed by atoms with E-state index >= 15 is 0 Å². The number of carbonyl (C=O) groups is 4. The van der Waals surface area contributed by atoms with Gasteiger partial charge in [-0.05, 0) is 31.0 Å². The van der Waals surface area contributed by atoms with Crippen molar-refractivity contribution in [3.63, 3.8) is 0 Å². The number of hydrogen-bond acceptors (Lipinski definition) is 7. The van der Waals surface area contributed by atoms with Gasteiger partial charge in [0, 0.05) is 30.3 Å². The average molecular weight is 574 g/mol. The van der Waals surface area contributed by atoms with E-state index in [0.29, 0.717) is 63.9 Å². The number of nitrogens with one attached hydrogen (secondary N) is 4. The third kappa shape index (κ3) is 17.1. The predicted molar refractivity (Wildman–Crippen MR) is 156 cm³/mol. The Bertz CT molecular complexity index is 807. The lowest BCUT2D eigenvalue weighted by atomic mass is 9.84. The topological polar surface area (TPSA) is 161 Å². The molecular weight excluding hydrogens is 522 g/mol. The summed E-state index contributed by atoms with van der Waals surface area (Å²) in [6.45, 7) is 17.1. The zero-order valence-electron chi connectivity index (χ0n) is 25.0. The first kappa shape index (κ1) is 36.7. The highest BCUT2D eigenvalue weighted by Crippen LogP contribution is 2.19. The van der Waals surface area contributed by atoms with Crippen molar-refractivity contribution in [3.8, 4) is 0 Å². The smallest absolute Gasteiger partial charge is 0.312 e. The number of carbonyl (C=O) groups excluding carboxylic acids is 4. The van der Waals surface area contributed by atoms with Gasteiger partial charge in [-0.25, -0.2) is 4.79 Å². The van der Waals surface area contributed by atoms with Gasteiger partial charge >= 0.3 is 6.03 Å². The predicted octanol–water partition coefficient (Wildman–Crippen LogP) is 2.06. The second-order valence-corrected chi connectivity index (χ2v) is 12.3. The van der Waals surface area contributed by atoms with Crippen LogP contribution in [-0.4, -0.2) is 80.2 Å². The van der Waals surface area contributed by atoms with Crippen molar-refractivity contribution in [2.75, 3.05) is 39.5 Å². The molecule has 0 fully saturated rings. The zero-order valence-corrected chi connectivity index (χ0v) is 25.8. The minimum Gasteiger partial charge on any atom is -0.379 e. The number of Topliss-reactive ketones (excluding diaryl/α,β-unsaturated/α-hetero) is 2. The molecule has 0 unspecified atom stereocenters. The Morgan fingerprint density at radius 1 is 0.821 bits per heavy atom. The molecule has 0 saturated heterocycles. The summed E-state index contributed by atoms with van der Waals surface area (Å²) in [6, 6.07) is -2.00. The van der Waals surface area contributed by atoms with Crippen LogP contribution >= 0.6 is 12.2 Å². The number of thiocarbonyl (C=S) groups is 1. The van der Waals surface area contributed by atoms with Gasteiger partial charge in [0.2, 0.25) is 5.91 Å². The number of rotatable bonds is 18. The van der Waals surface area contributed by atoms with Crippen molar-refractivity contribution in [2.45, 2.75) is 86.7 Å². The van der Waals surface area contributed by atoms with Gasteiger partial charge in [-0.2, -0.15) is 0 Å². The number of ketones is 2. The summed E-state index contributed by atoms with van der Waals surface area (Å²) in [4.78, 5) is 48.9. The maximum Gasteiger partial charge on any atom is 0.312 e. The van der Waals surface area contributed by atoms with Crippen LogP contribution in [0.4, 0.5) is 4.79 Å². The van der Waals surface area contributed by atoms with Crippen LogP contribution in [0.2, 0.25) is 0 Å². The molecule has 0 aliphatic carbocycles. The number of amides is 3. The molecule has 39 heavy (non-hydrogen) atoms. The van der Waals surface area contributed by atoms with E-state index in [4.69, 9.17) is 27.4 Å². The maximum absolute atomic E-state index is 13.1. The van der Waals surface area contributed by atoms with Crippen LogP contribution in [0.3, 0.4) is 0 Å². The average Bonchev–Trinajstić information content (AvgIpc) is 2.80. The molecule has 11 nitrogen and oxygen atoms in total. The molecule has 0 bridgehead atoms.